The largest absolute Gasteiger partial charge is 0.370 e. The Labute approximate surface area is 158 Å². The molecule has 10 heteroatoms. The molecule has 1 aliphatic heterocycles. The fourth-order valence-electron chi connectivity index (χ4n) is 2.76. The first-order valence-corrected chi connectivity index (χ1v) is 10.4. The van der Waals surface area contributed by atoms with Gasteiger partial charge in [0.05, 0.1) is 24.8 Å². The van der Waals surface area contributed by atoms with Gasteiger partial charge in [0.2, 0.25) is 0 Å². The van der Waals surface area contributed by atoms with E-state index in [2.05, 4.69) is 30.3 Å². The summed E-state index contributed by atoms with van der Waals surface area (Å²) in [6.07, 6.45) is 0. The van der Waals surface area contributed by atoms with Gasteiger partial charge in [0.1, 0.15) is 19.6 Å². The van der Waals surface area contributed by atoms with Crippen LogP contribution in [0, 0.1) is 11.3 Å². The predicted octanol–water partition coefficient (Wildman–Crippen LogP) is 5.02. The van der Waals surface area contributed by atoms with Crippen LogP contribution in [0.25, 0.3) is 11.1 Å². The quantitative estimate of drug-likeness (QED) is 0.555. The molecule has 1 saturated heterocycles. The minimum absolute atomic E-state index is 0.726. The Morgan fingerprint density at radius 1 is 0.893 bits per heavy atom. The first kappa shape index (κ1) is 22.2. The molecule has 28 heavy (non-hydrogen) atoms. The van der Waals surface area contributed by atoms with Crippen LogP contribution in [0.4, 0.5) is 25.2 Å². The number of hydrogen-bond acceptors (Lipinski definition) is 2. The predicted molar refractivity (Wildman–Crippen MR) is 95.4 cm³/mol. The number of hydrogen-bond donors (Lipinski definition) is 1. The maximum absolute atomic E-state index is 10.7. The Bertz CT molecular complexity index is 830. The SMILES string of the molecule is F[P-](F)(F)(F)(F)F.N#Cc1ccccc1-c1ccc(C[NH+]2CCOCC2)cc1. The number of rotatable bonds is 3. The van der Waals surface area contributed by atoms with Crippen LogP contribution >= 0.6 is 7.81 Å². The number of nitriles is 1. The van der Waals surface area contributed by atoms with Crippen molar-refractivity contribution < 1.29 is 34.8 Å². The summed E-state index contributed by atoms with van der Waals surface area (Å²) in [5, 5.41) is 9.19. The van der Waals surface area contributed by atoms with Gasteiger partial charge in [0, 0.05) is 5.56 Å². The Hall–Kier alpha value is -2.14. The summed E-state index contributed by atoms with van der Waals surface area (Å²) >= 11 is 0. The van der Waals surface area contributed by atoms with Crippen LogP contribution in [-0.2, 0) is 11.3 Å². The molecule has 1 aliphatic rings. The van der Waals surface area contributed by atoms with Crippen LogP contribution in [0.5, 0.6) is 0 Å². The third kappa shape index (κ3) is 9.18. The van der Waals surface area contributed by atoms with Crippen LogP contribution in [0.3, 0.4) is 0 Å². The van der Waals surface area contributed by atoms with Gasteiger partial charge >= 0.3 is 33.0 Å². The molecular formula is C18H19F6N2OP. The minimum Gasteiger partial charge on any atom is -0.370 e. The van der Waals surface area contributed by atoms with E-state index in [4.69, 9.17) is 4.74 Å². The molecule has 0 bridgehead atoms. The van der Waals surface area contributed by atoms with E-state index < -0.39 is 7.81 Å². The molecule has 1 fully saturated rings. The van der Waals surface area contributed by atoms with Crippen molar-refractivity contribution in [3.05, 3.63) is 59.7 Å². The summed E-state index contributed by atoms with van der Waals surface area (Å²) in [6.45, 7) is 4.94. The zero-order valence-electron chi connectivity index (χ0n) is 14.7. The van der Waals surface area contributed by atoms with E-state index >= 15 is 0 Å². The Morgan fingerprint density at radius 2 is 1.43 bits per heavy atom. The van der Waals surface area contributed by atoms with E-state index in [0.29, 0.717) is 0 Å². The van der Waals surface area contributed by atoms with Gasteiger partial charge in [-0.1, -0.05) is 42.5 Å². The minimum atomic E-state index is -10.7. The maximum Gasteiger partial charge on any atom is 0.103 e. The molecule has 2 aromatic rings. The average molecular weight is 424 g/mol. The van der Waals surface area contributed by atoms with Crippen molar-refractivity contribution in [3.8, 4) is 17.2 Å². The average Bonchev–Trinajstić information content (AvgIpc) is 2.61. The Kier molecular flexibility index (Phi) is 6.10. The molecule has 0 aromatic heterocycles. The fraction of sp³-hybridized carbons (Fsp3) is 0.278. The number of morpholine rings is 1. The van der Waals surface area contributed by atoms with E-state index in [0.717, 1.165) is 49.5 Å². The Balaban J connectivity index is 0.000000345. The molecule has 3 rings (SSSR count). The van der Waals surface area contributed by atoms with Crippen molar-refractivity contribution >= 4 is 7.81 Å². The van der Waals surface area contributed by atoms with E-state index in [1.54, 1.807) is 4.90 Å². The second kappa shape index (κ2) is 7.70. The molecule has 0 amide bonds. The third-order valence-electron chi connectivity index (χ3n) is 3.97. The monoisotopic (exact) mass is 424 g/mol. The van der Waals surface area contributed by atoms with Crippen molar-refractivity contribution in [2.24, 2.45) is 0 Å². The van der Waals surface area contributed by atoms with Gasteiger partial charge in [-0.25, -0.2) is 0 Å². The fourth-order valence-corrected chi connectivity index (χ4v) is 2.76. The van der Waals surface area contributed by atoms with Crippen LogP contribution < -0.4 is 4.90 Å². The van der Waals surface area contributed by atoms with Gasteiger partial charge < -0.3 is 9.64 Å². The van der Waals surface area contributed by atoms with Crippen molar-refractivity contribution in [2.75, 3.05) is 26.3 Å². The van der Waals surface area contributed by atoms with Gasteiger partial charge in [-0.3, -0.25) is 0 Å². The first-order chi connectivity index (χ1) is 12.8. The standard InChI is InChI=1S/C18H18N2O.F6P/c19-13-17-3-1-2-4-18(17)16-7-5-15(6-8-16)14-20-9-11-21-12-10-20;1-7(2,3,4,5)6/h1-8H,9-12,14H2;/q;-1/p+1. The summed E-state index contributed by atoms with van der Waals surface area (Å²) in [4.78, 5) is 1.58. The molecule has 0 atom stereocenters. The summed E-state index contributed by atoms with van der Waals surface area (Å²) in [6, 6.07) is 18.6. The van der Waals surface area contributed by atoms with E-state index in [9.17, 15) is 30.4 Å². The van der Waals surface area contributed by atoms with Crippen LogP contribution in [0.15, 0.2) is 48.5 Å². The number of nitrogens with one attached hydrogen (secondary N) is 1. The normalized spacial score (nSPS) is 17.5. The van der Waals surface area contributed by atoms with E-state index in [1.807, 2.05) is 24.3 Å². The molecule has 0 aliphatic carbocycles. The van der Waals surface area contributed by atoms with Gasteiger partial charge in [-0.05, 0) is 17.2 Å². The van der Waals surface area contributed by atoms with Crippen LogP contribution in [0.2, 0.25) is 0 Å². The zero-order chi connectivity index (χ0) is 20.9. The number of benzene rings is 2. The smallest absolute Gasteiger partial charge is 0.103 e. The van der Waals surface area contributed by atoms with Gasteiger partial charge in [0.25, 0.3) is 0 Å². The van der Waals surface area contributed by atoms with Crippen LogP contribution in [0.1, 0.15) is 11.1 Å². The Morgan fingerprint density at radius 3 is 1.96 bits per heavy atom. The maximum atomic E-state index is 9.87. The molecule has 3 nitrogen and oxygen atoms in total. The molecule has 0 spiro atoms. The zero-order valence-corrected chi connectivity index (χ0v) is 15.6. The summed E-state index contributed by atoms with van der Waals surface area (Å²) in [7, 11) is -10.7. The molecule has 154 valence electrons. The molecule has 0 radical (unpaired) electrons. The van der Waals surface area contributed by atoms with Crippen molar-refractivity contribution in [3.63, 3.8) is 0 Å². The first-order valence-electron chi connectivity index (χ1n) is 8.38. The van der Waals surface area contributed by atoms with Crippen molar-refractivity contribution in [1.82, 2.24) is 0 Å². The molecule has 2 aromatic carbocycles. The topological polar surface area (TPSA) is 37.5 Å². The molecule has 0 unspecified atom stereocenters. The van der Waals surface area contributed by atoms with Crippen LogP contribution in [-0.4, -0.2) is 26.3 Å². The number of quaternary nitrogens is 1. The molecule has 0 saturated carbocycles. The molecular weight excluding hydrogens is 405 g/mol. The summed E-state index contributed by atoms with van der Waals surface area (Å²) in [5.41, 5.74) is 4.17. The second-order valence-corrected chi connectivity index (χ2v) is 8.27. The second-order valence-electron chi connectivity index (χ2n) is 6.35. The molecule has 1 heterocycles. The van der Waals surface area contributed by atoms with Gasteiger partial charge in [-0.2, -0.15) is 5.26 Å². The van der Waals surface area contributed by atoms with Crippen molar-refractivity contribution in [1.29, 1.82) is 5.26 Å². The van der Waals surface area contributed by atoms with Gasteiger partial charge in [-0.15, -0.1) is 0 Å². The third-order valence-corrected chi connectivity index (χ3v) is 3.97. The van der Waals surface area contributed by atoms with E-state index in [1.165, 1.54) is 5.56 Å². The summed E-state index contributed by atoms with van der Waals surface area (Å²) < 4.78 is 64.6. The number of nitrogens with zero attached hydrogens (tertiary/aromatic N) is 1. The number of halogens is 6. The van der Waals surface area contributed by atoms with E-state index in [-0.39, 0.29) is 0 Å². The van der Waals surface area contributed by atoms with Gasteiger partial charge in [0.15, 0.2) is 0 Å². The summed E-state index contributed by atoms with van der Waals surface area (Å²) in [5.74, 6) is 0. The number of ether oxygens (including phenoxy) is 1. The molecule has 1 N–H and O–H groups in total. The van der Waals surface area contributed by atoms with Crippen molar-refractivity contribution in [2.45, 2.75) is 6.54 Å².